The van der Waals surface area contributed by atoms with E-state index in [1.54, 1.807) is 22.6 Å². The molecule has 1 amide bonds. The molecule has 1 aromatic heterocycles. The number of aromatic nitrogens is 2. The maximum atomic E-state index is 12.5. The number of carboxylic acid groups (broad SMARTS) is 1. The SMILES string of the molecule is CCOc1ccccc1OCC(=O)N1CCC(n2ncc(C(=O)O)c2C)CC1. The first-order chi connectivity index (χ1) is 13.5. The number of ether oxygens (including phenoxy) is 2. The Bertz CT molecular complexity index is 840. The van der Waals surface area contributed by atoms with Crippen LogP contribution in [0.5, 0.6) is 11.5 Å². The van der Waals surface area contributed by atoms with Gasteiger partial charge in [0.05, 0.1) is 24.5 Å². The average molecular weight is 387 g/mol. The number of piperidine rings is 1. The van der Waals surface area contributed by atoms with Crippen molar-refractivity contribution >= 4 is 11.9 Å². The standard InChI is InChI=1S/C20H25N3O5/c1-3-27-17-6-4-5-7-18(17)28-13-19(24)22-10-8-15(9-11-22)23-14(2)16(12-21-23)20(25)26/h4-7,12,15H,3,8-11,13H2,1-2H3,(H,25,26). The summed E-state index contributed by atoms with van der Waals surface area (Å²) in [7, 11) is 0. The predicted octanol–water partition coefficient (Wildman–Crippen LogP) is 2.53. The van der Waals surface area contributed by atoms with E-state index in [0.29, 0.717) is 36.9 Å². The number of benzene rings is 1. The van der Waals surface area contributed by atoms with Crippen LogP contribution in [0.15, 0.2) is 30.5 Å². The summed E-state index contributed by atoms with van der Waals surface area (Å²) in [6, 6.07) is 7.39. The Balaban J connectivity index is 1.54. The van der Waals surface area contributed by atoms with Crippen LogP contribution in [0, 0.1) is 6.92 Å². The van der Waals surface area contributed by atoms with Crippen molar-refractivity contribution in [2.24, 2.45) is 0 Å². The highest BCUT2D eigenvalue weighted by molar-refractivity contribution is 5.88. The molecule has 150 valence electrons. The molecule has 2 heterocycles. The number of carboxylic acids is 1. The second-order valence-corrected chi connectivity index (χ2v) is 6.67. The zero-order valence-electron chi connectivity index (χ0n) is 16.1. The van der Waals surface area contributed by atoms with Crippen LogP contribution < -0.4 is 9.47 Å². The number of hydrogen-bond donors (Lipinski definition) is 1. The molecule has 0 aliphatic carbocycles. The van der Waals surface area contributed by atoms with Gasteiger partial charge in [-0.15, -0.1) is 0 Å². The second kappa shape index (κ2) is 8.77. The van der Waals surface area contributed by atoms with Crippen LogP contribution in [0.2, 0.25) is 0 Å². The van der Waals surface area contributed by atoms with E-state index in [-0.39, 0.29) is 24.1 Å². The highest BCUT2D eigenvalue weighted by Gasteiger charge is 2.26. The van der Waals surface area contributed by atoms with Gasteiger partial charge in [0.2, 0.25) is 0 Å². The van der Waals surface area contributed by atoms with Crippen molar-refractivity contribution in [1.29, 1.82) is 0 Å². The Labute approximate surface area is 163 Å². The van der Waals surface area contributed by atoms with Crippen LogP contribution in [-0.4, -0.2) is 58.0 Å². The van der Waals surface area contributed by atoms with Gasteiger partial charge >= 0.3 is 5.97 Å². The summed E-state index contributed by atoms with van der Waals surface area (Å²) in [4.78, 5) is 25.5. The first kappa shape index (κ1) is 19.7. The fraction of sp³-hybridized carbons (Fsp3) is 0.450. The van der Waals surface area contributed by atoms with Crippen molar-refractivity contribution in [2.75, 3.05) is 26.3 Å². The van der Waals surface area contributed by atoms with E-state index in [1.165, 1.54) is 6.20 Å². The third-order valence-electron chi connectivity index (χ3n) is 4.94. The van der Waals surface area contributed by atoms with E-state index in [0.717, 1.165) is 12.8 Å². The number of carbonyl (C=O) groups excluding carboxylic acids is 1. The molecule has 0 unspecified atom stereocenters. The van der Waals surface area contributed by atoms with E-state index >= 15 is 0 Å². The van der Waals surface area contributed by atoms with Gasteiger partial charge in [0.1, 0.15) is 5.56 Å². The Kier molecular flexibility index (Phi) is 6.18. The summed E-state index contributed by atoms with van der Waals surface area (Å²) < 4.78 is 12.9. The van der Waals surface area contributed by atoms with Gasteiger partial charge < -0.3 is 19.5 Å². The average Bonchev–Trinajstić information content (AvgIpc) is 3.09. The van der Waals surface area contributed by atoms with Crippen molar-refractivity contribution in [3.8, 4) is 11.5 Å². The zero-order chi connectivity index (χ0) is 20.1. The maximum Gasteiger partial charge on any atom is 0.339 e. The number of amides is 1. The minimum Gasteiger partial charge on any atom is -0.490 e. The number of hydrogen-bond acceptors (Lipinski definition) is 5. The van der Waals surface area contributed by atoms with Crippen LogP contribution in [0.3, 0.4) is 0 Å². The second-order valence-electron chi connectivity index (χ2n) is 6.67. The van der Waals surface area contributed by atoms with E-state index in [1.807, 2.05) is 25.1 Å². The normalized spacial score (nSPS) is 14.7. The van der Waals surface area contributed by atoms with Gasteiger partial charge in [0.15, 0.2) is 18.1 Å². The first-order valence-corrected chi connectivity index (χ1v) is 9.41. The fourth-order valence-corrected chi connectivity index (χ4v) is 3.44. The molecule has 0 bridgehead atoms. The summed E-state index contributed by atoms with van der Waals surface area (Å²) in [6.45, 7) is 5.31. The predicted molar refractivity (Wildman–Crippen MR) is 102 cm³/mol. The van der Waals surface area contributed by atoms with Gasteiger partial charge in [0, 0.05) is 13.1 Å². The quantitative estimate of drug-likeness (QED) is 0.785. The maximum absolute atomic E-state index is 12.5. The molecule has 8 heteroatoms. The van der Waals surface area contributed by atoms with E-state index in [2.05, 4.69) is 5.10 Å². The van der Waals surface area contributed by atoms with Crippen molar-refractivity contribution in [2.45, 2.75) is 32.7 Å². The lowest BCUT2D eigenvalue weighted by Crippen LogP contribution is -2.41. The Hall–Kier alpha value is -3.03. The van der Waals surface area contributed by atoms with E-state index in [4.69, 9.17) is 14.6 Å². The van der Waals surface area contributed by atoms with Crippen molar-refractivity contribution in [3.63, 3.8) is 0 Å². The summed E-state index contributed by atoms with van der Waals surface area (Å²) in [5.41, 5.74) is 0.869. The van der Waals surface area contributed by atoms with Gasteiger partial charge in [-0.3, -0.25) is 9.48 Å². The topological polar surface area (TPSA) is 93.9 Å². The number of carbonyl (C=O) groups is 2. The molecule has 1 saturated heterocycles. The molecule has 1 aliphatic heterocycles. The van der Waals surface area contributed by atoms with Crippen LogP contribution in [0.4, 0.5) is 0 Å². The zero-order valence-corrected chi connectivity index (χ0v) is 16.1. The van der Waals surface area contributed by atoms with Crippen LogP contribution in [0.25, 0.3) is 0 Å². The molecule has 0 saturated carbocycles. The molecular formula is C20H25N3O5. The van der Waals surface area contributed by atoms with E-state index in [9.17, 15) is 9.59 Å². The number of aromatic carboxylic acids is 1. The van der Waals surface area contributed by atoms with Gasteiger partial charge in [-0.25, -0.2) is 4.79 Å². The third kappa shape index (κ3) is 4.27. The van der Waals surface area contributed by atoms with Gasteiger partial charge in [-0.05, 0) is 38.8 Å². The molecular weight excluding hydrogens is 362 g/mol. The highest BCUT2D eigenvalue weighted by atomic mass is 16.5. The molecule has 3 rings (SSSR count). The molecule has 8 nitrogen and oxygen atoms in total. The monoisotopic (exact) mass is 387 g/mol. The molecule has 1 fully saturated rings. The summed E-state index contributed by atoms with van der Waals surface area (Å²) in [5, 5.41) is 13.4. The minimum absolute atomic E-state index is 0.0429. The van der Waals surface area contributed by atoms with Crippen LogP contribution in [-0.2, 0) is 4.79 Å². The summed E-state index contributed by atoms with van der Waals surface area (Å²) in [5.74, 6) is 0.134. The Morgan fingerprint density at radius 1 is 1.18 bits per heavy atom. The number of para-hydroxylation sites is 2. The van der Waals surface area contributed by atoms with Crippen molar-refractivity contribution < 1.29 is 24.2 Å². The fourth-order valence-electron chi connectivity index (χ4n) is 3.44. The smallest absolute Gasteiger partial charge is 0.339 e. The van der Waals surface area contributed by atoms with Gasteiger partial charge in [-0.1, -0.05) is 12.1 Å². The molecule has 0 spiro atoms. The number of rotatable bonds is 7. The number of likely N-dealkylation sites (tertiary alicyclic amines) is 1. The van der Waals surface area contributed by atoms with Gasteiger partial charge in [0.25, 0.3) is 5.91 Å². The van der Waals surface area contributed by atoms with E-state index < -0.39 is 5.97 Å². The Morgan fingerprint density at radius 2 is 1.82 bits per heavy atom. The van der Waals surface area contributed by atoms with Gasteiger partial charge in [-0.2, -0.15) is 5.10 Å². The lowest BCUT2D eigenvalue weighted by atomic mass is 10.0. The molecule has 2 aromatic rings. The molecule has 0 atom stereocenters. The lowest BCUT2D eigenvalue weighted by Gasteiger charge is -2.32. The minimum atomic E-state index is -0.971. The van der Waals surface area contributed by atoms with Crippen molar-refractivity contribution in [1.82, 2.24) is 14.7 Å². The number of nitrogens with zero attached hydrogens (tertiary/aromatic N) is 3. The van der Waals surface area contributed by atoms with Crippen LogP contribution >= 0.6 is 0 Å². The third-order valence-corrected chi connectivity index (χ3v) is 4.94. The largest absolute Gasteiger partial charge is 0.490 e. The van der Waals surface area contributed by atoms with Crippen LogP contribution in [0.1, 0.15) is 41.9 Å². The van der Waals surface area contributed by atoms with Crippen molar-refractivity contribution in [3.05, 3.63) is 41.7 Å². The summed E-state index contributed by atoms with van der Waals surface area (Å²) in [6.07, 6.45) is 2.84. The molecule has 1 N–H and O–H groups in total. The molecule has 28 heavy (non-hydrogen) atoms. The molecule has 1 aliphatic rings. The first-order valence-electron chi connectivity index (χ1n) is 9.41. The lowest BCUT2D eigenvalue weighted by molar-refractivity contribution is -0.134. The molecule has 0 radical (unpaired) electrons. The highest BCUT2D eigenvalue weighted by Crippen LogP contribution is 2.27. The molecule has 1 aromatic carbocycles. The Morgan fingerprint density at radius 3 is 2.39 bits per heavy atom. The summed E-state index contributed by atoms with van der Waals surface area (Å²) >= 11 is 0.